The van der Waals surface area contributed by atoms with Crippen LogP contribution in [0.15, 0.2) is 0 Å². The Morgan fingerprint density at radius 3 is 1.57 bits per heavy atom. The van der Waals surface area contributed by atoms with E-state index in [1.54, 1.807) is 0 Å². The maximum absolute atomic E-state index is 13.0. The van der Waals surface area contributed by atoms with Crippen LogP contribution < -0.4 is 5.32 Å². The molecule has 1 aliphatic heterocycles. The summed E-state index contributed by atoms with van der Waals surface area (Å²) in [5, 5.41) is 54.9. The van der Waals surface area contributed by atoms with Crippen molar-refractivity contribution in [2.24, 2.45) is 0 Å². The highest BCUT2D eigenvalue weighted by Crippen LogP contribution is 2.26. The average Bonchev–Trinajstić information content (AvgIpc) is 3.09. The third-order valence-corrected chi connectivity index (χ3v) is 10.2. The van der Waals surface area contributed by atoms with Gasteiger partial charge in [-0.15, -0.1) is 0 Å². The van der Waals surface area contributed by atoms with Crippen molar-refractivity contribution in [3.63, 3.8) is 0 Å². The Hall–Kier alpha value is -0.940. The monoisotopic (exact) mass is 755 g/mol. The number of amides is 1. The van der Waals surface area contributed by atoms with Crippen LogP contribution in [0.5, 0.6) is 0 Å². The first-order valence-electron chi connectivity index (χ1n) is 20.0. The Morgan fingerprint density at radius 1 is 0.706 bits per heavy atom. The molecule has 7 N–H and O–H groups in total. The molecule has 0 aromatic carbocycles. The zero-order chi connectivity index (χ0) is 37.9. The number of unbranched alkanes of at least 4 members (excludes halogenated alkanes) is 20. The second-order valence-electron chi connectivity index (χ2n) is 14.4. The molecule has 1 saturated heterocycles. The summed E-state index contributed by atoms with van der Waals surface area (Å²) < 4.78 is 47.2. The number of aliphatic hydroxyl groups is 5. The third-order valence-electron chi connectivity index (χ3n) is 9.77. The number of carbonyl (C=O) groups excluding carboxylic acids is 1. The summed E-state index contributed by atoms with van der Waals surface area (Å²) in [4.78, 5) is 13.0. The lowest BCUT2D eigenvalue weighted by atomic mass is 9.99. The highest BCUT2D eigenvalue weighted by atomic mass is 32.3. The van der Waals surface area contributed by atoms with E-state index >= 15 is 0 Å². The predicted octanol–water partition coefficient (Wildman–Crippen LogP) is 5.24. The minimum atomic E-state index is -5.10. The zero-order valence-electron chi connectivity index (χ0n) is 31.5. The third kappa shape index (κ3) is 22.8. The van der Waals surface area contributed by atoms with Crippen LogP contribution >= 0.6 is 0 Å². The molecule has 13 nitrogen and oxygen atoms in total. The van der Waals surface area contributed by atoms with Crippen LogP contribution in [-0.4, -0.2) is 107 Å². The number of nitrogens with one attached hydrogen (secondary N) is 1. The van der Waals surface area contributed by atoms with Crippen molar-refractivity contribution in [1.29, 1.82) is 0 Å². The SMILES string of the molecule is CCCCCCCCCCCCCCCCCC(O)C(=O)NC(COC1OC(CO)C(O)C(OS(=O)(=O)O)C1O)C(O)CCCCCCCCC. The summed E-state index contributed by atoms with van der Waals surface area (Å²) in [6, 6.07) is -1.02. The fourth-order valence-electron chi connectivity index (χ4n) is 6.52. The molecular formula is C37H73NO12S. The number of hydrogen-bond acceptors (Lipinski definition) is 11. The molecule has 0 saturated carbocycles. The summed E-state index contributed by atoms with van der Waals surface area (Å²) >= 11 is 0. The van der Waals surface area contributed by atoms with Crippen LogP contribution in [-0.2, 0) is 28.9 Å². The minimum Gasteiger partial charge on any atom is -0.394 e. The van der Waals surface area contributed by atoms with Crippen molar-refractivity contribution < 1.29 is 57.0 Å². The van der Waals surface area contributed by atoms with E-state index < -0.39 is 78.5 Å². The first kappa shape index (κ1) is 48.1. The van der Waals surface area contributed by atoms with Gasteiger partial charge in [-0.05, 0) is 12.8 Å². The van der Waals surface area contributed by atoms with E-state index in [1.807, 2.05) is 0 Å². The summed E-state index contributed by atoms with van der Waals surface area (Å²) in [6.07, 6.45) is 14.8. The molecule has 0 spiro atoms. The fourth-order valence-corrected chi connectivity index (χ4v) is 7.03. The molecule has 1 rings (SSSR count). The molecule has 1 amide bonds. The van der Waals surface area contributed by atoms with Gasteiger partial charge in [-0.1, -0.05) is 155 Å². The molecule has 14 heteroatoms. The Labute approximate surface area is 308 Å². The summed E-state index contributed by atoms with van der Waals surface area (Å²) in [5.74, 6) is -0.672. The molecule has 1 aliphatic rings. The van der Waals surface area contributed by atoms with Crippen LogP contribution in [0, 0.1) is 0 Å². The van der Waals surface area contributed by atoms with Crippen molar-refractivity contribution in [3.05, 3.63) is 0 Å². The van der Waals surface area contributed by atoms with Crippen LogP contribution in [0.25, 0.3) is 0 Å². The van der Waals surface area contributed by atoms with E-state index in [2.05, 4.69) is 23.3 Å². The molecular weight excluding hydrogens is 682 g/mol. The summed E-state index contributed by atoms with van der Waals surface area (Å²) in [7, 11) is -5.10. The molecule has 8 unspecified atom stereocenters. The van der Waals surface area contributed by atoms with Crippen LogP contribution in [0.1, 0.15) is 168 Å². The summed E-state index contributed by atoms with van der Waals surface area (Å²) in [5.41, 5.74) is 0. The van der Waals surface area contributed by atoms with Gasteiger partial charge >= 0.3 is 10.4 Å². The van der Waals surface area contributed by atoms with Gasteiger partial charge in [-0.3, -0.25) is 9.35 Å². The lowest BCUT2D eigenvalue weighted by Gasteiger charge is -2.41. The van der Waals surface area contributed by atoms with Gasteiger partial charge in [0.2, 0.25) is 5.91 Å². The fraction of sp³-hybridized carbons (Fsp3) is 0.973. The molecule has 8 atom stereocenters. The molecule has 0 bridgehead atoms. The second kappa shape index (κ2) is 29.4. The molecule has 304 valence electrons. The van der Waals surface area contributed by atoms with Gasteiger partial charge in [-0.2, -0.15) is 8.42 Å². The van der Waals surface area contributed by atoms with E-state index in [9.17, 15) is 38.7 Å². The van der Waals surface area contributed by atoms with Crippen molar-refractivity contribution in [2.75, 3.05) is 13.2 Å². The van der Waals surface area contributed by atoms with Crippen LogP contribution in [0.4, 0.5) is 0 Å². The van der Waals surface area contributed by atoms with E-state index in [0.29, 0.717) is 19.3 Å². The lowest BCUT2D eigenvalue weighted by Crippen LogP contribution is -2.61. The lowest BCUT2D eigenvalue weighted by molar-refractivity contribution is -0.298. The average molecular weight is 756 g/mol. The van der Waals surface area contributed by atoms with E-state index in [4.69, 9.17) is 14.0 Å². The first-order chi connectivity index (χ1) is 24.4. The largest absolute Gasteiger partial charge is 0.397 e. The maximum Gasteiger partial charge on any atom is 0.397 e. The molecule has 0 radical (unpaired) electrons. The van der Waals surface area contributed by atoms with Crippen LogP contribution in [0.3, 0.4) is 0 Å². The standard InChI is InChI=1S/C37H73NO12S/c1-3-5-7-9-11-12-13-14-15-16-17-18-20-22-24-26-31(41)36(44)38-29(30(40)25-23-21-19-10-8-6-4-2)28-48-37-34(43)35(50-51(45,46)47)33(42)32(27-39)49-37/h29-35,37,39-43H,3-28H2,1-2H3,(H,38,44)(H,45,46,47). The smallest absolute Gasteiger partial charge is 0.394 e. The Balaban J connectivity index is 2.57. The number of ether oxygens (including phenoxy) is 2. The molecule has 0 aliphatic carbocycles. The van der Waals surface area contributed by atoms with Crippen LogP contribution in [0.2, 0.25) is 0 Å². The summed E-state index contributed by atoms with van der Waals surface area (Å²) in [6.45, 7) is 3.19. The van der Waals surface area contributed by atoms with Gasteiger partial charge in [0.25, 0.3) is 0 Å². The topological polar surface area (TPSA) is 212 Å². The Bertz CT molecular complexity index is 958. The van der Waals surface area contributed by atoms with Crippen molar-refractivity contribution in [1.82, 2.24) is 5.32 Å². The Kier molecular flexibility index (Phi) is 27.7. The number of hydrogen-bond donors (Lipinski definition) is 7. The Morgan fingerprint density at radius 2 is 1.14 bits per heavy atom. The van der Waals surface area contributed by atoms with Gasteiger partial charge < -0.3 is 40.3 Å². The van der Waals surface area contributed by atoms with Gasteiger partial charge in [0.1, 0.15) is 30.5 Å². The first-order valence-corrected chi connectivity index (χ1v) is 21.4. The predicted molar refractivity (Wildman–Crippen MR) is 196 cm³/mol. The molecule has 1 fully saturated rings. The van der Waals surface area contributed by atoms with E-state index in [-0.39, 0.29) is 6.42 Å². The van der Waals surface area contributed by atoms with E-state index in [1.165, 1.54) is 77.0 Å². The van der Waals surface area contributed by atoms with Gasteiger partial charge in [0.05, 0.1) is 25.4 Å². The molecule has 0 aromatic heterocycles. The quantitative estimate of drug-likeness (QED) is 0.0339. The maximum atomic E-state index is 13.0. The highest BCUT2D eigenvalue weighted by molar-refractivity contribution is 7.80. The van der Waals surface area contributed by atoms with Crippen molar-refractivity contribution >= 4 is 16.3 Å². The number of aliphatic hydroxyl groups excluding tert-OH is 5. The van der Waals surface area contributed by atoms with E-state index in [0.717, 1.165) is 51.4 Å². The number of rotatable bonds is 33. The molecule has 51 heavy (non-hydrogen) atoms. The van der Waals surface area contributed by atoms with Gasteiger partial charge in [0, 0.05) is 0 Å². The highest BCUT2D eigenvalue weighted by Gasteiger charge is 2.48. The second-order valence-corrected chi connectivity index (χ2v) is 15.4. The zero-order valence-corrected chi connectivity index (χ0v) is 32.4. The van der Waals surface area contributed by atoms with Crippen molar-refractivity contribution in [2.45, 2.75) is 217 Å². The minimum absolute atomic E-state index is 0.265. The molecule has 0 aromatic rings. The van der Waals surface area contributed by atoms with Crippen molar-refractivity contribution in [3.8, 4) is 0 Å². The van der Waals surface area contributed by atoms with Gasteiger partial charge in [-0.25, -0.2) is 4.18 Å². The normalized spacial score (nSPS) is 22.9. The molecule has 1 heterocycles. The number of carbonyl (C=O) groups is 1. The van der Waals surface area contributed by atoms with Gasteiger partial charge in [0.15, 0.2) is 6.29 Å².